The lowest BCUT2D eigenvalue weighted by molar-refractivity contribution is 0.0693. The number of aromatic hydroxyl groups is 1. The highest BCUT2D eigenvalue weighted by atomic mass is 16.4. The first kappa shape index (κ1) is 8.50. The summed E-state index contributed by atoms with van der Waals surface area (Å²) in [6.45, 7) is 0. The van der Waals surface area contributed by atoms with Crippen molar-refractivity contribution in [2.24, 2.45) is 0 Å². The third kappa shape index (κ3) is 1.26. The molecule has 1 aromatic carbocycles. The van der Waals surface area contributed by atoms with Gasteiger partial charge in [-0.3, -0.25) is 0 Å². The van der Waals surface area contributed by atoms with Gasteiger partial charge in [0.2, 0.25) is 0 Å². The number of carboxylic acids is 1. The van der Waals surface area contributed by atoms with Crippen LogP contribution in [0.25, 0.3) is 10.8 Å². The standard InChI is InChI=1S/C10H7NO3/c12-7-2-1-6-3-4-11-9(10(13)14)8(6)5-7/h1-5,12H,(H,13,14). The summed E-state index contributed by atoms with van der Waals surface area (Å²) in [7, 11) is 0. The molecule has 0 spiro atoms. The molecule has 0 bridgehead atoms. The highest BCUT2D eigenvalue weighted by Gasteiger charge is 2.09. The Morgan fingerprint density at radius 3 is 2.79 bits per heavy atom. The van der Waals surface area contributed by atoms with E-state index in [4.69, 9.17) is 5.11 Å². The van der Waals surface area contributed by atoms with Crippen molar-refractivity contribution in [2.75, 3.05) is 0 Å². The molecule has 14 heavy (non-hydrogen) atoms. The molecule has 0 saturated carbocycles. The lowest BCUT2D eigenvalue weighted by Gasteiger charge is -2.01. The summed E-state index contributed by atoms with van der Waals surface area (Å²) in [5.41, 5.74) is -0.0431. The summed E-state index contributed by atoms with van der Waals surface area (Å²) in [4.78, 5) is 14.5. The number of pyridine rings is 1. The summed E-state index contributed by atoms with van der Waals surface area (Å²) in [5.74, 6) is -1.06. The van der Waals surface area contributed by atoms with Crippen LogP contribution in [0.4, 0.5) is 0 Å². The van der Waals surface area contributed by atoms with Gasteiger partial charge in [-0.15, -0.1) is 0 Å². The number of nitrogens with zero attached hydrogens (tertiary/aromatic N) is 1. The van der Waals surface area contributed by atoms with Crippen LogP contribution in [-0.4, -0.2) is 21.2 Å². The van der Waals surface area contributed by atoms with Crippen molar-refractivity contribution in [3.05, 3.63) is 36.2 Å². The van der Waals surface area contributed by atoms with Gasteiger partial charge in [0.05, 0.1) is 0 Å². The van der Waals surface area contributed by atoms with Crippen LogP contribution in [0.5, 0.6) is 5.75 Å². The Morgan fingerprint density at radius 2 is 2.07 bits per heavy atom. The topological polar surface area (TPSA) is 70.4 Å². The molecule has 0 fully saturated rings. The van der Waals surface area contributed by atoms with Gasteiger partial charge in [0.25, 0.3) is 0 Å². The maximum absolute atomic E-state index is 10.8. The molecule has 2 aromatic rings. The number of carbonyl (C=O) groups is 1. The highest BCUT2D eigenvalue weighted by Crippen LogP contribution is 2.21. The smallest absolute Gasteiger partial charge is 0.355 e. The van der Waals surface area contributed by atoms with E-state index >= 15 is 0 Å². The van der Waals surface area contributed by atoms with Gasteiger partial charge in [-0.25, -0.2) is 9.78 Å². The van der Waals surface area contributed by atoms with Crippen molar-refractivity contribution in [3.63, 3.8) is 0 Å². The minimum atomic E-state index is -1.10. The number of hydrogen-bond acceptors (Lipinski definition) is 3. The lowest BCUT2D eigenvalue weighted by atomic mass is 10.1. The molecule has 1 heterocycles. The van der Waals surface area contributed by atoms with Crippen molar-refractivity contribution < 1.29 is 15.0 Å². The van der Waals surface area contributed by atoms with Crippen LogP contribution < -0.4 is 0 Å². The summed E-state index contributed by atoms with van der Waals surface area (Å²) < 4.78 is 0. The van der Waals surface area contributed by atoms with E-state index in [0.717, 1.165) is 5.39 Å². The number of phenolic OH excluding ortho intramolecular Hbond substituents is 1. The lowest BCUT2D eigenvalue weighted by Crippen LogP contribution is -2.00. The van der Waals surface area contributed by atoms with E-state index in [1.54, 1.807) is 12.1 Å². The predicted octanol–water partition coefficient (Wildman–Crippen LogP) is 1.64. The number of benzene rings is 1. The number of fused-ring (bicyclic) bond motifs is 1. The van der Waals surface area contributed by atoms with Crippen LogP contribution in [-0.2, 0) is 0 Å². The normalized spacial score (nSPS) is 10.3. The maximum atomic E-state index is 10.8. The quantitative estimate of drug-likeness (QED) is 0.715. The van der Waals surface area contributed by atoms with Crippen molar-refractivity contribution >= 4 is 16.7 Å². The zero-order valence-electron chi connectivity index (χ0n) is 7.14. The largest absolute Gasteiger partial charge is 0.508 e. The second-order valence-electron chi connectivity index (χ2n) is 2.87. The maximum Gasteiger partial charge on any atom is 0.355 e. The fourth-order valence-electron chi connectivity index (χ4n) is 1.33. The number of aromatic nitrogens is 1. The number of phenols is 1. The Labute approximate surface area is 79.4 Å². The molecule has 4 heteroatoms. The predicted molar refractivity (Wildman–Crippen MR) is 50.4 cm³/mol. The summed E-state index contributed by atoms with van der Waals surface area (Å²) in [5, 5.41) is 19.2. The van der Waals surface area contributed by atoms with Crippen LogP contribution in [0.1, 0.15) is 10.5 Å². The molecule has 0 aliphatic carbocycles. The summed E-state index contributed by atoms with van der Waals surface area (Å²) in [6, 6.07) is 6.25. The first-order chi connectivity index (χ1) is 6.68. The average Bonchev–Trinajstić information content (AvgIpc) is 2.16. The molecule has 2 rings (SSSR count). The third-order valence-corrected chi connectivity index (χ3v) is 1.95. The summed E-state index contributed by atoms with van der Waals surface area (Å²) >= 11 is 0. The monoisotopic (exact) mass is 189 g/mol. The number of carboxylic acid groups (broad SMARTS) is 1. The minimum Gasteiger partial charge on any atom is -0.508 e. The third-order valence-electron chi connectivity index (χ3n) is 1.95. The molecule has 1 aromatic heterocycles. The van der Waals surface area contributed by atoms with E-state index < -0.39 is 5.97 Å². The van der Waals surface area contributed by atoms with Crippen molar-refractivity contribution in [1.82, 2.24) is 4.98 Å². The zero-order chi connectivity index (χ0) is 10.1. The summed E-state index contributed by atoms with van der Waals surface area (Å²) in [6.07, 6.45) is 1.43. The Hall–Kier alpha value is -2.10. The van der Waals surface area contributed by atoms with Crippen molar-refractivity contribution in [3.8, 4) is 5.75 Å². The molecular weight excluding hydrogens is 182 g/mol. The van der Waals surface area contributed by atoms with Gasteiger partial charge in [0, 0.05) is 11.6 Å². The zero-order valence-corrected chi connectivity index (χ0v) is 7.14. The van der Waals surface area contributed by atoms with E-state index in [1.807, 2.05) is 0 Å². The molecule has 4 nitrogen and oxygen atoms in total. The van der Waals surface area contributed by atoms with Gasteiger partial charge in [0.1, 0.15) is 5.75 Å². The molecular formula is C10H7NO3. The Bertz CT molecular complexity index is 508. The van der Waals surface area contributed by atoms with Gasteiger partial charge >= 0.3 is 5.97 Å². The van der Waals surface area contributed by atoms with Gasteiger partial charge in [-0.1, -0.05) is 6.07 Å². The van der Waals surface area contributed by atoms with Crippen LogP contribution in [0, 0.1) is 0 Å². The Kier molecular flexibility index (Phi) is 1.81. The first-order valence-corrected chi connectivity index (χ1v) is 3.99. The fourth-order valence-corrected chi connectivity index (χ4v) is 1.33. The number of rotatable bonds is 1. The van der Waals surface area contributed by atoms with Crippen LogP contribution in [0.3, 0.4) is 0 Å². The number of aromatic carboxylic acids is 1. The van der Waals surface area contributed by atoms with Crippen molar-refractivity contribution in [2.45, 2.75) is 0 Å². The molecule has 0 aliphatic rings. The highest BCUT2D eigenvalue weighted by molar-refractivity contribution is 6.02. The second-order valence-corrected chi connectivity index (χ2v) is 2.87. The molecule has 0 unspecified atom stereocenters. The molecule has 0 saturated heterocycles. The number of hydrogen-bond donors (Lipinski definition) is 2. The van der Waals surface area contributed by atoms with Gasteiger partial charge < -0.3 is 10.2 Å². The molecule has 0 aliphatic heterocycles. The van der Waals surface area contributed by atoms with Gasteiger partial charge in [0.15, 0.2) is 5.69 Å². The van der Waals surface area contributed by atoms with E-state index in [2.05, 4.69) is 4.98 Å². The van der Waals surface area contributed by atoms with Gasteiger partial charge in [-0.05, 0) is 23.6 Å². The molecule has 0 radical (unpaired) electrons. The van der Waals surface area contributed by atoms with Crippen molar-refractivity contribution in [1.29, 1.82) is 0 Å². The van der Waals surface area contributed by atoms with E-state index in [1.165, 1.54) is 18.3 Å². The molecule has 2 N–H and O–H groups in total. The van der Waals surface area contributed by atoms with E-state index in [-0.39, 0.29) is 11.4 Å². The van der Waals surface area contributed by atoms with Crippen LogP contribution in [0.2, 0.25) is 0 Å². The van der Waals surface area contributed by atoms with Crippen LogP contribution >= 0.6 is 0 Å². The fraction of sp³-hybridized carbons (Fsp3) is 0. The van der Waals surface area contributed by atoms with Gasteiger partial charge in [-0.2, -0.15) is 0 Å². The van der Waals surface area contributed by atoms with E-state index in [9.17, 15) is 9.90 Å². The average molecular weight is 189 g/mol. The Balaban J connectivity index is 2.84. The Morgan fingerprint density at radius 1 is 1.29 bits per heavy atom. The molecule has 0 amide bonds. The molecule has 0 atom stereocenters. The SMILES string of the molecule is O=C(O)c1nccc2ccc(O)cc12. The molecule has 70 valence electrons. The van der Waals surface area contributed by atoms with Crippen LogP contribution in [0.15, 0.2) is 30.5 Å². The van der Waals surface area contributed by atoms with E-state index in [0.29, 0.717) is 5.39 Å². The second kappa shape index (κ2) is 2.99. The minimum absolute atomic E-state index is 0.0352. The first-order valence-electron chi connectivity index (χ1n) is 3.99.